The van der Waals surface area contributed by atoms with E-state index in [9.17, 15) is 0 Å². The van der Waals surface area contributed by atoms with Crippen molar-refractivity contribution in [2.45, 2.75) is 38.8 Å². The maximum Gasteiger partial charge on any atom is 0.0283 e. The highest BCUT2D eigenvalue weighted by Gasteiger charge is 2.38. The highest BCUT2D eigenvalue weighted by atomic mass is 15.1. The normalized spacial score (nSPS) is 19.4. The highest BCUT2D eigenvalue weighted by Crippen LogP contribution is 2.38. The fourth-order valence-electron chi connectivity index (χ4n) is 2.59. The van der Waals surface area contributed by atoms with Crippen LogP contribution in [0.1, 0.15) is 30.9 Å². The summed E-state index contributed by atoms with van der Waals surface area (Å²) in [7, 11) is 2.17. The van der Waals surface area contributed by atoms with Gasteiger partial charge < -0.3 is 10.6 Å². The van der Waals surface area contributed by atoms with Gasteiger partial charge in [0.05, 0.1) is 0 Å². The molecule has 0 spiro atoms. The lowest BCUT2D eigenvalue weighted by molar-refractivity contribution is 0.232. The van der Waals surface area contributed by atoms with Crippen molar-refractivity contribution in [1.82, 2.24) is 4.90 Å². The fraction of sp³-hybridized carbons (Fsp3) is 0.600. The molecule has 2 N–H and O–H groups in total. The summed E-state index contributed by atoms with van der Waals surface area (Å²) >= 11 is 0. The van der Waals surface area contributed by atoms with Crippen LogP contribution in [-0.2, 0) is 6.54 Å². The van der Waals surface area contributed by atoms with Crippen LogP contribution in [0.3, 0.4) is 0 Å². The number of benzene rings is 1. The molecule has 0 aromatic heterocycles. The lowest BCUT2D eigenvalue weighted by Crippen LogP contribution is -2.48. The summed E-state index contributed by atoms with van der Waals surface area (Å²) in [5.74, 6) is 0.738. The number of likely N-dealkylation sites (N-methyl/N-ethyl adjacent to an activating group) is 1. The predicted molar refractivity (Wildman–Crippen MR) is 72.8 cm³/mol. The molecule has 1 aliphatic carbocycles. The van der Waals surface area contributed by atoms with Crippen LogP contribution < -0.4 is 5.73 Å². The Bertz CT molecular complexity index is 380. The molecule has 2 nitrogen and oxygen atoms in total. The smallest absolute Gasteiger partial charge is 0.0283 e. The number of nitrogens with two attached hydrogens (primary N) is 1. The van der Waals surface area contributed by atoms with E-state index in [1.165, 1.54) is 24.0 Å². The Hall–Kier alpha value is -0.860. The van der Waals surface area contributed by atoms with Crippen molar-refractivity contribution in [1.29, 1.82) is 0 Å². The second-order valence-corrected chi connectivity index (χ2v) is 5.88. The molecule has 1 aliphatic rings. The van der Waals surface area contributed by atoms with Crippen molar-refractivity contribution in [3.05, 3.63) is 35.4 Å². The van der Waals surface area contributed by atoms with Gasteiger partial charge in [-0.3, -0.25) is 0 Å². The molecular weight excluding hydrogens is 208 g/mol. The molecule has 1 aromatic carbocycles. The zero-order chi connectivity index (χ0) is 12.5. The molecule has 2 heteroatoms. The van der Waals surface area contributed by atoms with Gasteiger partial charge >= 0.3 is 0 Å². The molecule has 1 unspecified atom stereocenters. The topological polar surface area (TPSA) is 29.3 Å². The molecule has 94 valence electrons. The van der Waals surface area contributed by atoms with Gasteiger partial charge in [0, 0.05) is 18.6 Å². The molecule has 0 saturated heterocycles. The SMILES string of the molecule is Cc1ccccc1CN(C)CC(C)(N)C1CC1. The van der Waals surface area contributed by atoms with Gasteiger partial charge in [-0.2, -0.15) is 0 Å². The van der Waals surface area contributed by atoms with E-state index in [2.05, 4.69) is 50.1 Å². The van der Waals surface area contributed by atoms with Gasteiger partial charge in [-0.1, -0.05) is 24.3 Å². The van der Waals surface area contributed by atoms with Crippen LogP contribution in [0.4, 0.5) is 0 Å². The summed E-state index contributed by atoms with van der Waals surface area (Å²) in [6.45, 7) is 6.34. The molecule has 0 radical (unpaired) electrons. The number of aryl methyl sites for hydroxylation is 1. The molecular formula is C15H24N2. The van der Waals surface area contributed by atoms with Gasteiger partial charge in [-0.15, -0.1) is 0 Å². The van der Waals surface area contributed by atoms with E-state index >= 15 is 0 Å². The minimum Gasteiger partial charge on any atom is -0.324 e. The summed E-state index contributed by atoms with van der Waals surface area (Å²) in [6.07, 6.45) is 2.62. The second kappa shape index (κ2) is 4.79. The van der Waals surface area contributed by atoms with E-state index in [1.807, 2.05) is 0 Å². The summed E-state index contributed by atoms with van der Waals surface area (Å²) < 4.78 is 0. The summed E-state index contributed by atoms with van der Waals surface area (Å²) in [5.41, 5.74) is 9.13. The Morgan fingerprint density at radius 2 is 2.00 bits per heavy atom. The molecule has 0 amide bonds. The Kier molecular flexibility index (Phi) is 3.55. The quantitative estimate of drug-likeness (QED) is 0.845. The number of nitrogens with zero attached hydrogens (tertiary/aromatic N) is 1. The molecule has 1 atom stereocenters. The van der Waals surface area contributed by atoms with E-state index in [4.69, 9.17) is 5.73 Å². The average molecular weight is 232 g/mol. The van der Waals surface area contributed by atoms with Crippen LogP contribution in [0.15, 0.2) is 24.3 Å². The Morgan fingerprint density at radius 3 is 2.59 bits per heavy atom. The molecule has 1 aromatic rings. The summed E-state index contributed by atoms with van der Waals surface area (Å²) in [6, 6.07) is 8.58. The Balaban J connectivity index is 1.93. The van der Waals surface area contributed by atoms with E-state index in [0.29, 0.717) is 0 Å². The third-order valence-electron chi connectivity index (χ3n) is 3.82. The fourth-order valence-corrected chi connectivity index (χ4v) is 2.59. The van der Waals surface area contributed by atoms with Crippen molar-refractivity contribution >= 4 is 0 Å². The van der Waals surface area contributed by atoms with Crippen molar-refractivity contribution in [3.63, 3.8) is 0 Å². The zero-order valence-corrected chi connectivity index (χ0v) is 11.2. The van der Waals surface area contributed by atoms with E-state index in [0.717, 1.165) is 19.0 Å². The molecule has 0 bridgehead atoms. The molecule has 0 aliphatic heterocycles. The third kappa shape index (κ3) is 3.30. The Labute approximate surface area is 105 Å². The zero-order valence-electron chi connectivity index (χ0n) is 11.2. The van der Waals surface area contributed by atoms with E-state index in [-0.39, 0.29) is 5.54 Å². The van der Waals surface area contributed by atoms with Crippen LogP contribution in [0, 0.1) is 12.8 Å². The average Bonchev–Trinajstić information content (AvgIpc) is 3.04. The van der Waals surface area contributed by atoms with Crippen LogP contribution in [0.5, 0.6) is 0 Å². The minimum absolute atomic E-state index is 0.0164. The van der Waals surface area contributed by atoms with Crippen molar-refractivity contribution in [2.75, 3.05) is 13.6 Å². The van der Waals surface area contributed by atoms with Gasteiger partial charge in [0.25, 0.3) is 0 Å². The monoisotopic (exact) mass is 232 g/mol. The number of hydrogen-bond acceptors (Lipinski definition) is 2. The van der Waals surface area contributed by atoms with Gasteiger partial charge in [-0.25, -0.2) is 0 Å². The highest BCUT2D eigenvalue weighted by molar-refractivity contribution is 5.25. The first-order valence-electron chi connectivity index (χ1n) is 6.51. The van der Waals surface area contributed by atoms with Gasteiger partial charge in [0.1, 0.15) is 0 Å². The molecule has 1 saturated carbocycles. The number of hydrogen-bond donors (Lipinski definition) is 1. The van der Waals surface area contributed by atoms with E-state index < -0.39 is 0 Å². The molecule has 0 heterocycles. The number of rotatable bonds is 5. The van der Waals surface area contributed by atoms with E-state index in [1.54, 1.807) is 0 Å². The maximum atomic E-state index is 6.37. The first kappa shape index (κ1) is 12.6. The summed E-state index contributed by atoms with van der Waals surface area (Å²) in [5, 5.41) is 0. The van der Waals surface area contributed by atoms with Crippen molar-refractivity contribution in [3.8, 4) is 0 Å². The minimum atomic E-state index is -0.0164. The maximum absolute atomic E-state index is 6.37. The van der Waals surface area contributed by atoms with Crippen LogP contribution in [-0.4, -0.2) is 24.0 Å². The van der Waals surface area contributed by atoms with Crippen molar-refractivity contribution in [2.24, 2.45) is 11.7 Å². The van der Waals surface area contributed by atoms with Gasteiger partial charge in [-0.05, 0) is 50.8 Å². The lowest BCUT2D eigenvalue weighted by atomic mass is 9.96. The summed E-state index contributed by atoms with van der Waals surface area (Å²) in [4.78, 5) is 2.35. The second-order valence-electron chi connectivity index (χ2n) is 5.88. The molecule has 2 rings (SSSR count). The van der Waals surface area contributed by atoms with Crippen LogP contribution in [0.25, 0.3) is 0 Å². The van der Waals surface area contributed by atoms with Crippen LogP contribution >= 0.6 is 0 Å². The first-order chi connectivity index (χ1) is 7.99. The molecule has 17 heavy (non-hydrogen) atoms. The standard InChI is InChI=1S/C15H24N2/c1-12-6-4-5-7-13(12)10-17(3)11-15(2,16)14-8-9-14/h4-7,14H,8-11,16H2,1-3H3. The first-order valence-corrected chi connectivity index (χ1v) is 6.51. The lowest BCUT2D eigenvalue weighted by Gasteiger charge is -2.30. The van der Waals surface area contributed by atoms with Gasteiger partial charge in [0.15, 0.2) is 0 Å². The Morgan fingerprint density at radius 1 is 1.35 bits per heavy atom. The third-order valence-corrected chi connectivity index (χ3v) is 3.82. The van der Waals surface area contributed by atoms with Crippen LogP contribution in [0.2, 0.25) is 0 Å². The van der Waals surface area contributed by atoms with Crippen molar-refractivity contribution < 1.29 is 0 Å². The van der Waals surface area contributed by atoms with Gasteiger partial charge in [0.2, 0.25) is 0 Å². The molecule has 1 fully saturated rings. The largest absolute Gasteiger partial charge is 0.324 e. The predicted octanol–water partition coefficient (Wildman–Crippen LogP) is 2.55.